The van der Waals surface area contributed by atoms with Crippen LogP contribution in [-0.2, 0) is 11.3 Å². The van der Waals surface area contributed by atoms with Gasteiger partial charge in [0.05, 0.1) is 18.8 Å². The fraction of sp³-hybridized carbons (Fsp3) is 0.769. The minimum Gasteiger partial charge on any atom is -0.444 e. The number of hydrogen-bond acceptors (Lipinski definition) is 5. The average molecular weight is 281 g/mol. The van der Waals surface area contributed by atoms with E-state index in [-0.39, 0.29) is 0 Å². The number of rotatable bonds is 3. The van der Waals surface area contributed by atoms with Gasteiger partial charge in [-0.3, -0.25) is 0 Å². The number of carbonyl (C=O) groups is 1. The van der Waals surface area contributed by atoms with Crippen molar-refractivity contribution in [1.29, 1.82) is 0 Å². The normalized spacial score (nSPS) is 19.6. The summed E-state index contributed by atoms with van der Waals surface area (Å²) in [6, 6.07) is 0.353. The second-order valence-electron chi connectivity index (χ2n) is 6.05. The summed E-state index contributed by atoms with van der Waals surface area (Å²) in [4.78, 5) is 11.5. The molecule has 7 heteroatoms. The van der Waals surface area contributed by atoms with Gasteiger partial charge in [-0.1, -0.05) is 5.21 Å². The van der Waals surface area contributed by atoms with Crippen molar-refractivity contribution < 1.29 is 9.53 Å². The van der Waals surface area contributed by atoms with Gasteiger partial charge in [0.1, 0.15) is 11.3 Å². The highest BCUT2D eigenvalue weighted by molar-refractivity contribution is 5.67. The lowest BCUT2D eigenvalue weighted by molar-refractivity contribution is 0.0523. The molecule has 0 bridgehead atoms. The van der Waals surface area contributed by atoms with Gasteiger partial charge in [-0.05, 0) is 40.2 Å². The third-order valence-electron chi connectivity index (χ3n) is 3.02. The lowest BCUT2D eigenvalue weighted by atomic mass is 10.1. The minimum absolute atomic E-state index is 0.328. The van der Waals surface area contributed by atoms with Crippen LogP contribution >= 0.6 is 0 Å². The summed E-state index contributed by atoms with van der Waals surface area (Å²) in [5, 5.41) is 14.2. The molecule has 7 nitrogen and oxygen atoms in total. The van der Waals surface area contributed by atoms with Gasteiger partial charge in [-0.15, -0.1) is 5.10 Å². The third-order valence-corrected chi connectivity index (χ3v) is 3.02. The van der Waals surface area contributed by atoms with Crippen LogP contribution in [-0.4, -0.2) is 39.8 Å². The lowest BCUT2D eigenvalue weighted by Gasteiger charge is -2.22. The molecule has 0 aromatic carbocycles. The van der Waals surface area contributed by atoms with Crippen LogP contribution in [0.3, 0.4) is 0 Å². The summed E-state index contributed by atoms with van der Waals surface area (Å²) in [5.74, 6) is 0. The molecule has 1 fully saturated rings. The Labute approximate surface area is 119 Å². The number of nitrogens with zero attached hydrogens (tertiary/aromatic N) is 3. The van der Waals surface area contributed by atoms with E-state index in [4.69, 9.17) is 4.74 Å². The summed E-state index contributed by atoms with van der Waals surface area (Å²) in [7, 11) is 0. The predicted octanol–water partition coefficient (Wildman–Crippen LogP) is 1.23. The maximum absolute atomic E-state index is 11.5. The molecule has 2 heterocycles. The van der Waals surface area contributed by atoms with Crippen molar-refractivity contribution in [1.82, 2.24) is 25.6 Å². The Bertz CT molecular complexity index is 446. The van der Waals surface area contributed by atoms with E-state index >= 15 is 0 Å². The Balaban J connectivity index is 1.82. The van der Waals surface area contributed by atoms with Crippen LogP contribution in [0.15, 0.2) is 6.20 Å². The van der Waals surface area contributed by atoms with Gasteiger partial charge in [-0.2, -0.15) is 0 Å². The highest BCUT2D eigenvalue weighted by Crippen LogP contribution is 2.15. The van der Waals surface area contributed by atoms with Crippen molar-refractivity contribution in [3.05, 3.63) is 11.9 Å². The monoisotopic (exact) mass is 281 g/mol. The molecule has 1 aromatic rings. The lowest BCUT2D eigenvalue weighted by Crippen LogP contribution is -2.32. The molecule has 1 atom stereocenters. The topological polar surface area (TPSA) is 81.1 Å². The molecule has 0 radical (unpaired) electrons. The maximum Gasteiger partial charge on any atom is 0.407 e. The molecule has 0 spiro atoms. The van der Waals surface area contributed by atoms with Crippen molar-refractivity contribution in [2.45, 2.75) is 51.8 Å². The Morgan fingerprint density at radius 2 is 2.40 bits per heavy atom. The van der Waals surface area contributed by atoms with Crippen LogP contribution < -0.4 is 10.6 Å². The molecule has 1 amide bonds. The number of carbonyl (C=O) groups excluding carboxylic acids is 1. The second-order valence-corrected chi connectivity index (χ2v) is 6.05. The molecule has 1 aromatic heterocycles. The smallest absolute Gasteiger partial charge is 0.407 e. The van der Waals surface area contributed by atoms with E-state index < -0.39 is 11.7 Å². The number of alkyl carbamates (subject to hydrolysis) is 1. The number of ether oxygens (including phenoxy) is 1. The Hall–Kier alpha value is -1.63. The van der Waals surface area contributed by atoms with Crippen LogP contribution in [0.5, 0.6) is 0 Å². The molecular formula is C13H23N5O2. The standard InChI is InChI=1S/C13H23N5O2/c1-13(2,3)20-12(19)15-7-10-9-18(17-16-10)11-5-4-6-14-8-11/h9,11,14H,4-8H2,1-3H3,(H,15,19)/t11-/m0/s1. The Morgan fingerprint density at radius 3 is 3.05 bits per heavy atom. The van der Waals surface area contributed by atoms with E-state index in [0.717, 1.165) is 31.6 Å². The highest BCUT2D eigenvalue weighted by Gasteiger charge is 2.18. The van der Waals surface area contributed by atoms with Crippen LogP contribution in [0.2, 0.25) is 0 Å². The summed E-state index contributed by atoms with van der Waals surface area (Å²) < 4.78 is 7.04. The average Bonchev–Trinajstić information content (AvgIpc) is 2.84. The van der Waals surface area contributed by atoms with Crippen LogP contribution in [0.1, 0.15) is 45.3 Å². The first-order chi connectivity index (χ1) is 9.44. The Morgan fingerprint density at radius 1 is 1.60 bits per heavy atom. The van der Waals surface area contributed by atoms with Gasteiger partial charge in [0.2, 0.25) is 0 Å². The van der Waals surface area contributed by atoms with Crippen LogP contribution in [0.25, 0.3) is 0 Å². The van der Waals surface area contributed by atoms with Crippen molar-refractivity contribution in [2.75, 3.05) is 13.1 Å². The SMILES string of the molecule is CC(C)(C)OC(=O)NCc1cn([C@H]2CCCNC2)nn1. The predicted molar refractivity (Wildman–Crippen MR) is 74.2 cm³/mol. The minimum atomic E-state index is -0.491. The zero-order valence-electron chi connectivity index (χ0n) is 12.3. The number of amides is 1. The van der Waals surface area contributed by atoms with E-state index in [1.165, 1.54) is 0 Å². The number of hydrogen-bond donors (Lipinski definition) is 2. The summed E-state index contributed by atoms with van der Waals surface area (Å²) >= 11 is 0. The van der Waals surface area contributed by atoms with Crippen molar-refractivity contribution in [3.63, 3.8) is 0 Å². The van der Waals surface area contributed by atoms with Gasteiger partial charge in [0.15, 0.2) is 0 Å². The quantitative estimate of drug-likeness (QED) is 0.871. The molecule has 2 N–H and O–H groups in total. The first kappa shape index (κ1) is 14.8. The largest absolute Gasteiger partial charge is 0.444 e. The summed E-state index contributed by atoms with van der Waals surface area (Å²) in [6.45, 7) is 7.81. The highest BCUT2D eigenvalue weighted by atomic mass is 16.6. The van der Waals surface area contributed by atoms with Gasteiger partial charge in [-0.25, -0.2) is 9.48 Å². The number of piperidine rings is 1. The molecular weight excluding hydrogens is 258 g/mol. The molecule has 2 rings (SSSR count). The van der Waals surface area contributed by atoms with E-state index in [1.54, 1.807) is 0 Å². The van der Waals surface area contributed by atoms with Crippen molar-refractivity contribution >= 4 is 6.09 Å². The molecule has 20 heavy (non-hydrogen) atoms. The first-order valence-electron chi connectivity index (χ1n) is 7.02. The zero-order chi connectivity index (χ0) is 14.6. The summed E-state index contributed by atoms with van der Waals surface area (Å²) in [5.41, 5.74) is 0.247. The molecule has 0 saturated carbocycles. The van der Waals surface area contributed by atoms with Crippen molar-refractivity contribution in [2.24, 2.45) is 0 Å². The van der Waals surface area contributed by atoms with Crippen molar-refractivity contribution in [3.8, 4) is 0 Å². The van der Waals surface area contributed by atoms with Crippen LogP contribution in [0.4, 0.5) is 4.79 Å². The molecule has 112 valence electrons. The van der Waals surface area contributed by atoms with E-state index in [1.807, 2.05) is 31.6 Å². The van der Waals surface area contributed by atoms with Gasteiger partial charge in [0.25, 0.3) is 0 Å². The second kappa shape index (κ2) is 6.21. The van der Waals surface area contributed by atoms with Gasteiger partial charge < -0.3 is 15.4 Å². The zero-order valence-corrected chi connectivity index (χ0v) is 12.3. The molecule has 1 saturated heterocycles. The molecule has 0 aliphatic carbocycles. The van der Waals surface area contributed by atoms with E-state index in [2.05, 4.69) is 20.9 Å². The molecule has 1 aliphatic rings. The van der Waals surface area contributed by atoms with E-state index in [0.29, 0.717) is 12.6 Å². The summed E-state index contributed by atoms with van der Waals surface area (Å²) in [6.07, 6.45) is 3.70. The fourth-order valence-corrected chi connectivity index (χ4v) is 2.11. The van der Waals surface area contributed by atoms with Crippen LogP contribution in [0, 0.1) is 0 Å². The molecule has 0 unspecified atom stereocenters. The van der Waals surface area contributed by atoms with Gasteiger partial charge in [0, 0.05) is 6.54 Å². The Kier molecular flexibility index (Phi) is 4.59. The number of aromatic nitrogens is 3. The van der Waals surface area contributed by atoms with E-state index in [9.17, 15) is 4.79 Å². The molecule has 1 aliphatic heterocycles. The number of nitrogens with one attached hydrogen (secondary N) is 2. The fourth-order valence-electron chi connectivity index (χ4n) is 2.11. The maximum atomic E-state index is 11.5. The first-order valence-corrected chi connectivity index (χ1v) is 7.02. The third kappa shape index (κ3) is 4.48. The van der Waals surface area contributed by atoms with Gasteiger partial charge >= 0.3 is 6.09 Å².